The van der Waals surface area contributed by atoms with Crippen molar-refractivity contribution in [3.8, 4) is 0 Å². The summed E-state index contributed by atoms with van der Waals surface area (Å²) in [4.78, 5) is 11.6. The van der Waals surface area contributed by atoms with Crippen molar-refractivity contribution < 1.29 is 4.79 Å². The van der Waals surface area contributed by atoms with Gasteiger partial charge >= 0.3 is 0 Å². The third-order valence-corrected chi connectivity index (χ3v) is 1.68. The van der Waals surface area contributed by atoms with Crippen LogP contribution in [0.5, 0.6) is 0 Å². The summed E-state index contributed by atoms with van der Waals surface area (Å²) >= 11 is 3.28. The zero-order valence-corrected chi connectivity index (χ0v) is 9.02. The lowest BCUT2D eigenvalue weighted by Crippen LogP contribution is -2.24. The van der Waals surface area contributed by atoms with Gasteiger partial charge in [0.1, 0.15) is 0 Å². The number of ketones is 1. The molecule has 0 fully saturated rings. The van der Waals surface area contributed by atoms with Crippen molar-refractivity contribution in [1.82, 2.24) is 0 Å². The summed E-state index contributed by atoms with van der Waals surface area (Å²) in [7, 11) is 0. The van der Waals surface area contributed by atoms with Crippen LogP contribution in [-0.2, 0) is 4.79 Å². The summed E-state index contributed by atoms with van der Waals surface area (Å²) in [6.07, 6.45) is 4.76. The topological polar surface area (TPSA) is 17.1 Å². The fraction of sp³-hybridized carbons (Fsp3) is 0.300. The first-order chi connectivity index (χ1) is 5.43. The number of hydrogen-bond acceptors (Lipinski definition) is 1. The minimum Gasteiger partial charge on any atom is -0.293 e. The quantitative estimate of drug-likeness (QED) is 0.411. The van der Waals surface area contributed by atoms with Gasteiger partial charge in [-0.15, -0.1) is 0 Å². The molecule has 0 aliphatic heterocycles. The van der Waals surface area contributed by atoms with E-state index in [1.54, 1.807) is 26.0 Å². The van der Waals surface area contributed by atoms with E-state index in [0.717, 1.165) is 0 Å². The largest absolute Gasteiger partial charge is 0.293 e. The van der Waals surface area contributed by atoms with Crippen LogP contribution in [0.15, 0.2) is 37.0 Å². The van der Waals surface area contributed by atoms with E-state index in [4.69, 9.17) is 0 Å². The van der Waals surface area contributed by atoms with Crippen LogP contribution in [0.2, 0.25) is 0 Å². The molecule has 0 aromatic rings. The molecule has 0 aromatic carbocycles. The third kappa shape index (κ3) is 3.18. The summed E-state index contributed by atoms with van der Waals surface area (Å²) in [6, 6.07) is 0. The van der Waals surface area contributed by atoms with Crippen LogP contribution in [0, 0.1) is 0 Å². The monoisotopic (exact) mass is 228 g/mol. The average Bonchev–Trinajstić information content (AvgIpc) is 1.97. The van der Waals surface area contributed by atoms with Gasteiger partial charge in [0, 0.05) is 5.57 Å². The van der Waals surface area contributed by atoms with Crippen molar-refractivity contribution in [3.63, 3.8) is 0 Å². The third-order valence-electron chi connectivity index (χ3n) is 1.32. The Balaban J connectivity index is 4.78. The molecule has 0 aliphatic rings. The molecule has 1 nitrogen and oxygen atoms in total. The number of carbonyl (C=O) groups excluding carboxylic acids is 1. The Kier molecular flexibility index (Phi) is 4.18. The van der Waals surface area contributed by atoms with Crippen molar-refractivity contribution >= 4 is 21.7 Å². The first-order valence-electron chi connectivity index (χ1n) is 3.62. The molecule has 0 rings (SSSR count). The molecule has 0 aliphatic carbocycles. The Labute approximate surface area is 82.0 Å². The van der Waals surface area contributed by atoms with Gasteiger partial charge in [-0.3, -0.25) is 4.79 Å². The van der Waals surface area contributed by atoms with Gasteiger partial charge in [0.2, 0.25) is 0 Å². The van der Waals surface area contributed by atoms with Gasteiger partial charge in [-0.25, -0.2) is 0 Å². The Morgan fingerprint density at radius 3 is 2.17 bits per heavy atom. The molecular formula is C10H13BrO. The summed E-state index contributed by atoms with van der Waals surface area (Å²) in [5, 5.41) is 0. The van der Waals surface area contributed by atoms with Crippen molar-refractivity contribution in [2.75, 3.05) is 0 Å². The van der Waals surface area contributed by atoms with Crippen molar-refractivity contribution in [3.05, 3.63) is 37.0 Å². The zero-order chi connectivity index (χ0) is 9.78. The lowest BCUT2D eigenvalue weighted by molar-refractivity contribution is -0.116. The Hall–Kier alpha value is -0.630. The first kappa shape index (κ1) is 11.4. The van der Waals surface area contributed by atoms with E-state index in [2.05, 4.69) is 29.1 Å². The van der Waals surface area contributed by atoms with Crippen molar-refractivity contribution in [1.29, 1.82) is 0 Å². The van der Waals surface area contributed by atoms with Gasteiger partial charge in [0.15, 0.2) is 5.78 Å². The lowest BCUT2D eigenvalue weighted by Gasteiger charge is -2.14. The maximum atomic E-state index is 11.6. The molecule has 0 saturated heterocycles. The molecule has 0 atom stereocenters. The maximum absolute atomic E-state index is 11.6. The Morgan fingerprint density at radius 2 is 1.92 bits per heavy atom. The van der Waals surface area contributed by atoms with E-state index in [9.17, 15) is 4.79 Å². The zero-order valence-electron chi connectivity index (χ0n) is 7.43. The summed E-state index contributed by atoms with van der Waals surface area (Å²) < 4.78 is -0.532. The maximum Gasteiger partial charge on any atom is 0.178 e. The van der Waals surface area contributed by atoms with Crippen LogP contribution in [-0.4, -0.2) is 10.1 Å². The van der Waals surface area contributed by atoms with E-state index in [1.165, 1.54) is 6.08 Å². The smallest absolute Gasteiger partial charge is 0.178 e. The van der Waals surface area contributed by atoms with Crippen molar-refractivity contribution in [2.24, 2.45) is 0 Å². The summed E-state index contributed by atoms with van der Waals surface area (Å²) in [6.45, 7) is 10.7. The fourth-order valence-corrected chi connectivity index (χ4v) is 0.936. The summed E-state index contributed by atoms with van der Waals surface area (Å²) in [5.41, 5.74) is 0.576. The molecule has 0 spiro atoms. The SMILES string of the molecule is C=C/C=C(\C=C)C(=O)C(C)(C)Br. The molecule has 0 heterocycles. The molecule has 0 saturated carbocycles. The fourth-order valence-electron chi connectivity index (χ4n) is 0.707. The van der Waals surface area contributed by atoms with Gasteiger partial charge < -0.3 is 0 Å². The normalized spacial score (nSPS) is 12.4. The number of hydrogen-bond donors (Lipinski definition) is 0. The molecule has 0 bridgehead atoms. The first-order valence-corrected chi connectivity index (χ1v) is 4.41. The number of allylic oxidation sites excluding steroid dienone is 4. The molecule has 0 amide bonds. The van der Waals surface area contributed by atoms with Crippen LogP contribution < -0.4 is 0 Å². The Bertz CT molecular complexity index is 231. The second kappa shape index (κ2) is 4.41. The summed E-state index contributed by atoms with van der Waals surface area (Å²) in [5.74, 6) is 0.0115. The molecule has 0 aromatic heterocycles. The van der Waals surface area contributed by atoms with E-state index < -0.39 is 4.32 Å². The second-order valence-corrected chi connectivity index (χ2v) is 4.85. The minimum absolute atomic E-state index is 0.0115. The standard InChI is InChI=1S/C10H13BrO/c1-5-7-8(6-2)9(12)10(3,4)11/h5-7H,1-2H2,3-4H3/b8-7+. The number of halogens is 1. The average molecular weight is 229 g/mol. The van der Waals surface area contributed by atoms with E-state index in [-0.39, 0.29) is 5.78 Å². The lowest BCUT2D eigenvalue weighted by atomic mass is 10.0. The highest BCUT2D eigenvalue weighted by atomic mass is 79.9. The minimum atomic E-state index is -0.532. The number of rotatable bonds is 4. The van der Waals surface area contributed by atoms with E-state index >= 15 is 0 Å². The van der Waals surface area contributed by atoms with Crippen LogP contribution >= 0.6 is 15.9 Å². The molecular weight excluding hydrogens is 216 g/mol. The highest BCUT2D eigenvalue weighted by Gasteiger charge is 2.24. The van der Waals surface area contributed by atoms with E-state index in [1.807, 2.05) is 0 Å². The van der Waals surface area contributed by atoms with E-state index in [0.29, 0.717) is 5.57 Å². The second-order valence-electron chi connectivity index (χ2n) is 2.86. The number of carbonyl (C=O) groups is 1. The molecule has 2 heteroatoms. The molecule has 12 heavy (non-hydrogen) atoms. The van der Waals surface area contributed by atoms with Gasteiger partial charge in [0.25, 0.3) is 0 Å². The number of alkyl halides is 1. The van der Waals surface area contributed by atoms with Crippen LogP contribution in [0.4, 0.5) is 0 Å². The van der Waals surface area contributed by atoms with Gasteiger partial charge in [0.05, 0.1) is 4.32 Å². The highest BCUT2D eigenvalue weighted by molar-refractivity contribution is 9.10. The van der Waals surface area contributed by atoms with Gasteiger partial charge in [-0.2, -0.15) is 0 Å². The number of Topliss-reactive ketones (excluding diaryl/α,β-unsaturated/α-hetero) is 1. The predicted molar refractivity (Wildman–Crippen MR) is 56.5 cm³/mol. The molecule has 0 N–H and O–H groups in total. The molecule has 0 radical (unpaired) electrons. The highest BCUT2D eigenvalue weighted by Crippen LogP contribution is 2.21. The van der Waals surface area contributed by atoms with Crippen LogP contribution in [0.25, 0.3) is 0 Å². The van der Waals surface area contributed by atoms with Gasteiger partial charge in [-0.1, -0.05) is 47.3 Å². The molecule has 0 unspecified atom stereocenters. The van der Waals surface area contributed by atoms with Crippen LogP contribution in [0.3, 0.4) is 0 Å². The van der Waals surface area contributed by atoms with Crippen molar-refractivity contribution in [2.45, 2.75) is 18.2 Å². The molecule has 66 valence electrons. The van der Waals surface area contributed by atoms with Gasteiger partial charge in [-0.05, 0) is 13.8 Å². The predicted octanol–water partition coefficient (Wildman–Crippen LogP) is 3.03. The van der Waals surface area contributed by atoms with Crippen LogP contribution in [0.1, 0.15) is 13.8 Å². The Morgan fingerprint density at radius 1 is 1.42 bits per heavy atom.